The summed E-state index contributed by atoms with van der Waals surface area (Å²) in [5.41, 5.74) is 4.58. The molecule has 5 nitrogen and oxygen atoms in total. The minimum Gasteiger partial charge on any atom is -0.370 e. The second-order valence-electron chi connectivity index (χ2n) is 7.81. The third-order valence-electron chi connectivity index (χ3n) is 5.54. The van der Waals surface area contributed by atoms with Gasteiger partial charge in [0.1, 0.15) is 18.9 Å². The third-order valence-corrected chi connectivity index (χ3v) is 6.18. The number of pyridine rings is 1. The van der Waals surface area contributed by atoms with Gasteiger partial charge in [-0.3, -0.25) is 4.79 Å². The standard InChI is InChI=1S/C23H30BrFN4O/c1-6-27(7-2)20-12-16(5)26-23-22(20)28(11-10-25)21(30)14-29(23)19-9-8-17(15(3)4)13-18(19)24/h8-9,12-13,15H,6-7,10-11,14H2,1-5H3. The molecule has 3 rings (SSSR count). The summed E-state index contributed by atoms with van der Waals surface area (Å²) in [7, 11) is 0. The Hall–Kier alpha value is -2.15. The van der Waals surface area contributed by atoms with Gasteiger partial charge in [0.25, 0.3) is 0 Å². The number of hydrogen-bond donors (Lipinski definition) is 0. The molecule has 0 radical (unpaired) electrons. The van der Waals surface area contributed by atoms with Crippen molar-refractivity contribution < 1.29 is 9.18 Å². The average Bonchev–Trinajstić information content (AvgIpc) is 2.70. The normalized spacial score (nSPS) is 13.8. The molecule has 7 heteroatoms. The Labute approximate surface area is 187 Å². The number of amides is 1. The minimum atomic E-state index is -0.594. The summed E-state index contributed by atoms with van der Waals surface area (Å²) in [6.45, 7) is 11.6. The first-order valence-electron chi connectivity index (χ1n) is 10.5. The maximum absolute atomic E-state index is 13.4. The summed E-state index contributed by atoms with van der Waals surface area (Å²) >= 11 is 3.70. The Bertz CT molecular complexity index is 930. The molecule has 0 saturated carbocycles. The lowest BCUT2D eigenvalue weighted by atomic mass is 10.0. The van der Waals surface area contributed by atoms with E-state index < -0.39 is 6.67 Å². The Morgan fingerprint density at radius 1 is 1.23 bits per heavy atom. The third kappa shape index (κ3) is 4.17. The topological polar surface area (TPSA) is 39.7 Å². The van der Waals surface area contributed by atoms with Crippen LogP contribution in [0.4, 0.5) is 27.3 Å². The molecular formula is C23H30BrFN4O. The number of rotatable bonds is 7. The molecule has 30 heavy (non-hydrogen) atoms. The zero-order chi connectivity index (χ0) is 22.0. The molecule has 2 aromatic rings. The molecule has 162 valence electrons. The Kier molecular flexibility index (Phi) is 7.01. The van der Waals surface area contributed by atoms with Crippen LogP contribution in [-0.4, -0.2) is 43.7 Å². The first-order valence-corrected chi connectivity index (χ1v) is 11.3. The molecule has 0 bridgehead atoms. The van der Waals surface area contributed by atoms with E-state index in [1.165, 1.54) is 5.56 Å². The SMILES string of the molecule is CCN(CC)c1cc(C)nc2c1N(CCF)C(=O)CN2c1ccc(C(C)C)cc1Br. The zero-order valence-electron chi connectivity index (χ0n) is 18.4. The van der Waals surface area contributed by atoms with Gasteiger partial charge in [0, 0.05) is 23.3 Å². The second kappa shape index (κ2) is 9.33. The van der Waals surface area contributed by atoms with Crippen molar-refractivity contribution in [2.45, 2.75) is 40.5 Å². The van der Waals surface area contributed by atoms with Crippen molar-refractivity contribution >= 4 is 44.7 Å². The predicted molar refractivity (Wildman–Crippen MR) is 126 cm³/mol. The number of aromatic nitrogens is 1. The number of carbonyl (C=O) groups excluding carboxylic acids is 1. The Morgan fingerprint density at radius 2 is 1.93 bits per heavy atom. The van der Waals surface area contributed by atoms with Crippen LogP contribution in [0.1, 0.15) is 44.9 Å². The maximum atomic E-state index is 13.4. The van der Waals surface area contributed by atoms with Crippen LogP contribution < -0.4 is 14.7 Å². The molecule has 0 saturated heterocycles. The van der Waals surface area contributed by atoms with Crippen LogP contribution in [0.25, 0.3) is 0 Å². The van der Waals surface area contributed by atoms with Crippen molar-refractivity contribution in [3.8, 4) is 0 Å². The largest absolute Gasteiger partial charge is 0.370 e. The average molecular weight is 477 g/mol. The second-order valence-corrected chi connectivity index (χ2v) is 8.67. The molecule has 1 aliphatic rings. The summed E-state index contributed by atoms with van der Waals surface area (Å²) < 4.78 is 14.3. The van der Waals surface area contributed by atoms with Gasteiger partial charge in [0.15, 0.2) is 5.82 Å². The number of nitrogens with zero attached hydrogens (tertiary/aromatic N) is 4. The highest BCUT2D eigenvalue weighted by atomic mass is 79.9. The first kappa shape index (κ1) is 22.5. The van der Waals surface area contributed by atoms with E-state index in [1.54, 1.807) is 4.90 Å². The molecule has 0 aliphatic carbocycles. The highest BCUT2D eigenvalue weighted by Crippen LogP contribution is 2.45. The van der Waals surface area contributed by atoms with Crippen LogP contribution in [0.15, 0.2) is 28.7 Å². The van der Waals surface area contributed by atoms with Crippen LogP contribution >= 0.6 is 15.9 Å². The molecule has 1 amide bonds. The van der Waals surface area contributed by atoms with E-state index in [4.69, 9.17) is 4.98 Å². The van der Waals surface area contributed by atoms with E-state index in [0.29, 0.717) is 17.4 Å². The number of alkyl halides is 1. The van der Waals surface area contributed by atoms with Crippen molar-refractivity contribution in [2.75, 3.05) is 47.6 Å². The summed E-state index contributed by atoms with van der Waals surface area (Å²) in [6.07, 6.45) is 0. The molecule has 0 atom stereocenters. The van der Waals surface area contributed by atoms with E-state index in [0.717, 1.165) is 34.6 Å². The van der Waals surface area contributed by atoms with E-state index in [9.17, 15) is 9.18 Å². The van der Waals surface area contributed by atoms with E-state index >= 15 is 0 Å². The molecule has 2 heterocycles. The lowest BCUT2D eigenvalue weighted by molar-refractivity contribution is -0.117. The highest BCUT2D eigenvalue weighted by Gasteiger charge is 2.35. The van der Waals surface area contributed by atoms with Gasteiger partial charge in [-0.1, -0.05) is 19.9 Å². The number of benzene rings is 1. The molecule has 0 fully saturated rings. The molecule has 0 N–H and O–H groups in total. The van der Waals surface area contributed by atoms with Crippen molar-refractivity contribution in [2.24, 2.45) is 0 Å². The quantitative estimate of drug-likeness (QED) is 0.522. The van der Waals surface area contributed by atoms with Crippen molar-refractivity contribution in [3.63, 3.8) is 0 Å². The summed E-state index contributed by atoms with van der Waals surface area (Å²) in [6, 6.07) is 8.20. The molecule has 0 unspecified atom stereocenters. The van der Waals surface area contributed by atoms with Crippen LogP contribution in [0.2, 0.25) is 0 Å². The van der Waals surface area contributed by atoms with Gasteiger partial charge in [0.05, 0.1) is 17.9 Å². The number of aryl methyl sites for hydroxylation is 1. The number of fused-ring (bicyclic) bond motifs is 1. The predicted octanol–water partition coefficient (Wildman–Crippen LogP) is 5.58. The summed E-state index contributed by atoms with van der Waals surface area (Å²) in [5.74, 6) is 0.974. The molecule has 1 aromatic heterocycles. The van der Waals surface area contributed by atoms with Crippen LogP contribution in [0.3, 0.4) is 0 Å². The zero-order valence-corrected chi connectivity index (χ0v) is 20.0. The van der Waals surface area contributed by atoms with Crippen LogP contribution in [-0.2, 0) is 4.79 Å². The Morgan fingerprint density at radius 3 is 2.50 bits per heavy atom. The van der Waals surface area contributed by atoms with Crippen LogP contribution in [0.5, 0.6) is 0 Å². The Balaban J connectivity index is 2.23. The van der Waals surface area contributed by atoms with Gasteiger partial charge in [-0.2, -0.15) is 0 Å². The smallest absolute Gasteiger partial charge is 0.247 e. The van der Waals surface area contributed by atoms with E-state index in [2.05, 4.69) is 60.7 Å². The fraction of sp³-hybridized carbons (Fsp3) is 0.478. The van der Waals surface area contributed by atoms with Crippen molar-refractivity contribution in [1.29, 1.82) is 0 Å². The lowest BCUT2D eigenvalue weighted by Gasteiger charge is -2.39. The van der Waals surface area contributed by atoms with Gasteiger partial charge in [-0.25, -0.2) is 9.37 Å². The molecular weight excluding hydrogens is 447 g/mol. The minimum absolute atomic E-state index is 0.0339. The van der Waals surface area contributed by atoms with Crippen molar-refractivity contribution in [1.82, 2.24) is 4.98 Å². The molecule has 0 spiro atoms. The van der Waals surface area contributed by atoms with Crippen molar-refractivity contribution in [3.05, 3.63) is 40.0 Å². The lowest BCUT2D eigenvalue weighted by Crippen LogP contribution is -2.46. The fourth-order valence-corrected chi connectivity index (χ4v) is 4.54. The molecule has 1 aromatic carbocycles. The van der Waals surface area contributed by atoms with E-state index in [1.807, 2.05) is 24.0 Å². The number of carbonyl (C=O) groups is 1. The number of anilines is 4. The van der Waals surface area contributed by atoms with Gasteiger partial charge < -0.3 is 14.7 Å². The highest BCUT2D eigenvalue weighted by molar-refractivity contribution is 9.10. The monoisotopic (exact) mass is 476 g/mol. The van der Waals surface area contributed by atoms with Gasteiger partial charge in [0.2, 0.25) is 5.91 Å². The van der Waals surface area contributed by atoms with Gasteiger partial charge >= 0.3 is 0 Å². The first-order chi connectivity index (χ1) is 14.3. The maximum Gasteiger partial charge on any atom is 0.247 e. The molecule has 1 aliphatic heterocycles. The fourth-order valence-electron chi connectivity index (χ4n) is 3.93. The van der Waals surface area contributed by atoms with Gasteiger partial charge in [-0.05, 0) is 66.4 Å². The van der Waals surface area contributed by atoms with Gasteiger partial charge in [-0.15, -0.1) is 0 Å². The number of halogens is 2. The summed E-state index contributed by atoms with van der Waals surface area (Å²) in [5, 5.41) is 0. The van der Waals surface area contributed by atoms with E-state index in [-0.39, 0.29) is 19.0 Å². The summed E-state index contributed by atoms with van der Waals surface area (Å²) in [4.78, 5) is 23.6. The number of hydrogen-bond acceptors (Lipinski definition) is 4. The van der Waals surface area contributed by atoms with Crippen LogP contribution in [0, 0.1) is 6.92 Å².